The van der Waals surface area contributed by atoms with Gasteiger partial charge in [0.1, 0.15) is 0 Å². The number of rotatable bonds is 2. The highest BCUT2D eigenvalue weighted by Gasteiger charge is 2.75. The molecule has 0 aromatic rings. The number of esters is 1. The second-order valence-electron chi connectivity index (χ2n) is 4.24. The summed E-state index contributed by atoms with van der Waals surface area (Å²) in [6, 6.07) is 0. The Hall–Kier alpha value is -0.730. The van der Waals surface area contributed by atoms with Crippen LogP contribution in [-0.4, -0.2) is 43.2 Å². The van der Waals surface area contributed by atoms with E-state index in [0.29, 0.717) is 6.61 Å². The predicted molar refractivity (Wildman–Crippen MR) is 45.7 cm³/mol. The van der Waals surface area contributed by atoms with Crippen molar-refractivity contribution in [3.63, 3.8) is 0 Å². The molecule has 3 atom stereocenters. The number of hydrogen-bond acceptors (Lipinski definition) is 7. The second kappa shape index (κ2) is 2.93. The molecule has 3 fully saturated rings. The van der Waals surface area contributed by atoms with Crippen LogP contribution in [0.15, 0.2) is 0 Å². The summed E-state index contributed by atoms with van der Waals surface area (Å²) in [6.45, 7) is 3.52. The van der Waals surface area contributed by atoms with Gasteiger partial charge in [-0.05, 0) is 0 Å². The normalized spacial score (nSPS) is 49.4. The lowest BCUT2D eigenvalue weighted by Crippen LogP contribution is -2.59. The molecule has 1 spiro atoms. The van der Waals surface area contributed by atoms with Crippen LogP contribution < -0.4 is 0 Å². The summed E-state index contributed by atoms with van der Waals surface area (Å²) in [5.74, 6) is -2.89. The van der Waals surface area contributed by atoms with Crippen LogP contribution in [0.25, 0.3) is 0 Å². The van der Waals surface area contributed by atoms with Gasteiger partial charge in [0.25, 0.3) is 5.79 Å². The quantitative estimate of drug-likeness (QED) is 0.367. The highest BCUT2D eigenvalue weighted by molar-refractivity contribution is 5.66. The molecule has 7 heteroatoms. The summed E-state index contributed by atoms with van der Waals surface area (Å²) < 4.78 is 21.1. The molecule has 0 radical (unpaired) electrons. The fourth-order valence-electron chi connectivity index (χ4n) is 1.83. The van der Waals surface area contributed by atoms with E-state index in [1.807, 2.05) is 0 Å². The summed E-state index contributed by atoms with van der Waals surface area (Å²) in [6.07, 6.45) is 0. The van der Waals surface area contributed by atoms with Crippen LogP contribution in [0, 0.1) is 0 Å². The van der Waals surface area contributed by atoms with Gasteiger partial charge in [0.15, 0.2) is 12.2 Å². The van der Waals surface area contributed by atoms with Gasteiger partial charge in [0.05, 0.1) is 13.2 Å². The van der Waals surface area contributed by atoms with Crippen molar-refractivity contribution in [2.24, 2.45) is 0 Å². The van der Waals surface area contributed by atoms with Crippen LogP contribution in [0.5, 0.6) is 0 Å². The molecule has 1 unspecified atom stereocenters. The van der Waals surface area contributed by atoms with Gasteiger partial charge in [0, 0.05) is 13.8 Å². The first-order valence-electron chi connectivity index (χ1n) is 4.98. The topological polar surface area (TPSA) is 75.8 Å². The van der Waals surface area contributed by atoms with E-state index >= 15 is 0 Å². The third-order valence-corrected chi connectivity index (χ3v) is 2.90. The summed E-state index contributed by atoms with van der Waals surface area (Å²) in [5, 5.41) is 0. The number of hydrogen-bond donors (Lipinski definition) is 0. The highest BCUT2D eigenvalue weighted by atomic mass is 17.3. The van der Waals surface area contributed by atoms with Gasteiger partial charge in [-0.25, -0.2) is 0 Å². The third-order valence-electron chi connectivity index (χ3n) is 2.90. The van der Waals surface area contributed by atoms with Crippen molar-refractivity contribution in [2.75, 3.05) is 19.8 Å². The Bertz CT molecular complexity index is 339. The molecular formula is C9H12O7. The molecule has 0 N–H and O–H groups in total. The van der Waals surface area contributed by atoms with Crippen LogP contribution >= 0.6 is 0 Å². The van der Waals surface area contributed by atoms with Gasteiger partial charge in [-0.1, -0.05) is 0 Å². The van der Waals surface area contributed by atoms with E-state index in [1.165, 1.54) is 6.92 Å². The minimum atomic E-state index is -1.25. The minimum absolute atomic E-state index is 0.0821. The van der Waals surface area contributed by atoms with Crippen molar-refractivity contribution in [3.8, 4) is 0 Å². The average Bonchev–Trinajstić information content (AvgIpc) is 2.95. The zero-order chi connectivity index (χ0) is 11.4. The minimum Gasteiger partial charge on any atom is -0.460 e. The largest absolute Gasteiger partial charge is 0.460 e. The Kier molecular flexibility index (Phi) is 1.91. The lowest BCUT2D eigenvalue weighted by atomic mass is 10.00. The zero-order valence-electron chi connectivity index (χ0n) is 8.98. The van der Waals surface area contributed by atoms with Gasteiger partial charge in [-0.15, -0.1) is 0 Å². The van der Waals surface area contributed by atoms with Crippen molar-refractivity contribution >= 4 is 5.97 Å². The van der Waals surface area contributed by atoms with Crippen LogP contribution in [0.4, 0.5) is 0 Å². The average molecular weight is 232 g/mol. The first-order chi connectivity index (χ1) is 7.49. The Labute approximate surface area is 91.4 Å². The van der Waals surface area contributed by atoms with Gasteiger partial charge in [0.2, 0.25) is 0 Å². The number of epoxide rings is 1. The number of carbonyl (C=O) groups excluding carboxylic acids is 1. The molecule has 0 aliphatic carbocycles. The molecule has 2 bridgehead atoms. The predicted octanol–water partition coefficient (Wildman–Crippen LogP) is -0.303. The van der Waals surface area contributed by atoms with E-state index < -0.39 is 23.3 Å². The number of ether oxygens (including phenoxy) is 4. The van der Waals surface area contributed by atoms with Gasteiger partial charge < -0.3 is 14.2 Å². The second-order valence-corrected chi connectivity index (χ2v) is 4.24. The van der Waals surface area contributed by atoms with Crippen molar-refractivity contribution in [1.29, 1.82) is 0 Å². The SMILES string of the molecule is CC(=O)OC[C@@]12OO[C@@](C)(OCC13CO3)O2. The molecule has 16 heavy (non-hydrogen) atoms. The molecular weight excluding hydrogens is 220 g/mol. The Morgan fingerprint density at radius 3 is 2.62 bits per heavy atom. The molecule has 0 aromatic heterocycles. The Morgan fingerprint density at radius 1 is 1.31 bits per heavy atom. The molecule has 0 aromatic carbocycles. The maximum Gasteiger partial charge on any atom is 0.312 e. The van der Waals surface area contributed by atoms with Crippen molar-refractivity contribution < 1.29 is 33.5 Å². The van der Waals surface area contributed by atoms with Crippen molar-refractivity contribution in [3.05, 3.63) is 0 Å². The van der Waals surface area contributed by atoms with Gasteiger partial charge in [-0.2, -0.15) is 9.78 Å². The summed E-state index contributed by atoms with van der Waals surface area (Å²) in [4.78, 5) is 20.9. The maximum absolute atomic E-state index is 10.8. The van der Waals surface area contributed by atoms with E-state index in [4.69, 9.17) is 28.7 Å². The Balaban J connectivity index is 1.82. The Morgan fingerprint density at radius 2 is 2.00 bits per heavy atom. The van der Waals surface area contributed by atoms with E-state index in [-0.39, 0.29) is 13.2 Å². The van der Waals surface area contributed by atoms with Gasteiger partial charge >= 0.3 is 11.9 Å². The summed E-state index contributed by atoms with van der Waals surface area (Å²) in [5.41, 5.74) is -0.724. The fourth-order valence-corrected chi connectivity index (χ4v) is 1.83. The first kappa shape index (κ1) is 10.4. The van der Waals surface area contributed by atoms with E-state index in [2.05, 4.69) is 0 Å². The van der Waals surface area contributed by atoms with Crippen molar-refractivity contribution in [2.45, 2.75) is 31.2 Å². The lowest BCUT2D eigenvalue weighted by Gasteiger charge is -2.36. The highest BCUT2D eigenvalue weighted by Crippen LogP contribution is 2.53. The van der Waals surface area contributed by atoms with Crippen molar-refractivity contribution in [1.82, 2.24) is 0 Å². The van der Waals surface area contributed by atoms with Crippen LogP contribution in [0.1, 0.15) is 13.8 Å². The monoisotopic (exact) mass is 232 g/mol. The molecule has 7 nitrogen and oxygen atoms in total. The molecule has 0 saturated carbocycles. The van der Waals surface area contributed by atoms with Crippen LogP contribution in [0.3, 0.4) is 0 Å². The molecule has 3 heterocycles. The molecule has 3 saturated heterocycles. The third kappa shape index (κ3) is 1.30. The summed E-state index contributed by atoms with van der Waals surface area (Å²) >= 11 is 0. The molecule has 3 rings (SSSR count). The van der Waals surface area contributed by atoms with Crippen LogP contribution in [0.2, 0.25) is 0 Å². The standard InChI is InChI=1S/C9H12O7/c1-6(10)11-5-9-8(4-13-8)3-12-7(2,14-9)15-16-9/h3-5H2,1-2H3/t7-,8?,9+/m0/s1. The van der Waals surface area contributed by atoms with E-state index in [0.717, 1.165) is 0 Å². The lowest BCUT2D eigenvalue weighted by molar-refractivity contribution is -0.402. The zero-order valence-corrected chi connectivity index (χ0v) is 8.98. The molecule has 0 amide bonds. The van der Waals surface area contributed by atoms with Crippen LogP contribution in [-0.2, 0) is 33.5 Å². The molecule has 90 valence electrons. The smallest absolute Gasteiger partial charge is 0.312 e. The number of fused-ring (bicyclic) bond motifs is 3. The van der Waals surface area contributed by atoms with Gasteiger partial charge in [-0.3, -0.25) is 9.53 Å². The maximum atomic E-state index is 10.8. The molecule has 3 aliphatic rings. The summed E-state index contributed by atoms with van der Waals surface area (Å²) in [7, 11) is 0. The van der Waals surface area contributed by atoms with E-state index in [9.17, 15) is 4.79 Å². The van der Waals surface area contributed by atoms with E-state index in [1.54, 1.807) is 6.92 Å². The fraction of sp³-hybridized carbons (Fsp3) is 0.889. The molecule has 3 aliphatic heterocycles. The number of carbonyl (C=O) groups is 1. The first-order valence-corrected chi connectivity index (χ1v) is 4.98.